The van der Waals surface area contributed by atoms with E-state index in [0.717, 1.165) is 36.8 Å². The average Bonchev–Trinajstić information content (AvgIpc) is 3.06. The van der Waals surface area contributed by atoms with Crippen LogP contribution in [0.2, 0.25) is 0 Å². The van der Waals surface area contributed by atoms with E-state index < -0.39 is 0 Å². The van der Waals surface area contributed by atoms with E-state index in [1.165, 1.54) is 6.33 Å². The van der Waals surface area contributed by atoms with E-state index in [2.05, 4.69) is 39.4 Å². The molecule has 2 heterocycles. The zero-order valence-corrected chi connectivity index (χ0v) is 11.6. The minimum Gasteiger partial charge on any atom is -0.493 e. The van der Waals surface area contributed by atoms with Crippen LogP contribution in [0, 0.1) is 0 Å². The molecule has 7 heteroatoms. The topological polar surface area (TPSA) is 80.7 Å². The Kier molecular flexibility index (Phi) is 4.51. The fourth-order valence-electron chi connectivity index (χ4n) is 2.10. The molecule has 1 unspecified atom stereocenters. The van der Waals surface area contributed by atoms with Gasteiger partial charge < -0.3 is 10.1 Å². The van der Waals surface area contributed by atoms with Gasteiger partial charge in [0.05, 0.1) is 13.3 Å². The standard InChI is InChI=1S/C12H20N6O/c1-4-6-18-11(9(19-3)7-16-18)10(13-5-2)12-14-8-15-17-12/h7-8,10,13H,4-6H2,1-3H3,(H,14,15,17). The molecule has 0 aliphatic rings. The van der Waals surface area contributed by atoms with Crippen LogP contribution in [0.3, 0.4) is 0 Å². The van der Waals surface area contributed by atoms with Crippen molar-refractivity contribution in [1.82, 2.24) is 30.3 Å². The van der Waals surface area contributed by atoms with Gasteiger partial charge in [0.15, 0.2) is 5.75 Å². The summed E-state index contributed by atoms with van der Waals surface area (Å²) in [5, 5.41) is 14.6. The molecule has 2 rings (SSSR count). The quantitative estimate of drug-likeness (QED) is 0.783. The maximum Gasteiger partial charge on any atom is 0.162 e. The van der Waals surface area contributed by atoms with E-state index in [1.54, 1.807) is 13.3 Å². The molecule has 2 aromatic rings. The highest BCUT2D eigenvalue weighted by Crippen LogP contribution is 2.28. The first-order valence-electron chi connectivity index (χ1n) is 6.50. The molecule has 2 N–H and O–H groups in total. The second-order valence-corrected chi connectivity index (χ2v) is 4.18. The summed E-state index contributed by atoms with van der Waals surface area (Å²) >= 11 is 0. The smallest absolute Gasteiger partial charge is 0.162 e. The van der Waals surface area contributed by atoms with Crippen molar-refractivity contribution in [1.29, 1.82) is 0 Å². The van der Waals surface area contributed by atoms with Gasteiger partial charge >= 0.3 is 0 Å². The van der Waals surface area contributed by atoms with Crippen molar-refractivity contribution in [2.24, 2.45) is 0 Å². The van der Waals surface area contributed by atoms with Crippen LogP contribution in [0.25, 0.3) is 0 Å². The Morgan fingerprint density at radius 1 is 1.47 bits per heavy atom. The van der Waals surface area contributed by atoms with Crippen molar-refractivity contribution in [3.05, 3.63) is 24.0 Å². The van der Waals surface area contributed by atoms with Gasteiger partial charge in [-0.25, -0.2) is 4.98 Å². The first-order chi connectivity index (χ1) is 9.31. The number of methoxy groups -OCH3 is 1. The first kappa shape index (κ1) is 13.5. The molecular formula is C12H20N6O. The minimum atomic E-state index is -0.100. The maximum atomic E-state index is 5.41. The number of ether oxygens (including phenoxy) is 1. The van der Waals surface area contributed by atoms with Crippen LogP contribution < -0.4 is 10.1 Å². The summed E-state index contributed by atoms with van der Waals surface area (Å²) in [6.07, 6.45) is 4.26. The van der Waals surface area contributed by atoms with Gasteiger partial charge in [-0.1, -0.05) is 13.8 Å². The third-order valence-electron chi connectivity index (χ3n) is 2.89. The van der Waals surface area contributed by atoms with E-state index >= 15 is 0 Å². The fourth-order valence-corrected chi connectivity index (χ4v) is 2.10. The summed E-state index contributed by atoms with van der Waals surface area (Å²) in [7, 11) is 1.65. The van der Waals surface area contributed by atoms with Gasteiger partial charge in [-0.05, 0) is 13.0 Å². The van der Waals surface area contributed by atoms with E-state index in [0.29, 0.717) is 0 Å². The van der Waals surface area contributed by atoms with Crippen LogP contribution in [-0.2, 0) is 6.54 Å². The molecule has 0 aliphatic carbocycles. The second kappa shape index (κ2) is 6.33. The number of aryl methyl sites for hydroxylation is 1. The zero-order chi connectivity index (χ0) is 13.7. The zero-order valence-electron chi connectivity index (χ0n) is 11.6. The lowest BCUT2D eigenvalue weighted by Crippen LogP contribution is -2.26. The van der Waals surface area contributed by atoms with Crippen molar-refractivity contribution in [2.45, 2.75) is 32.9 Å². The highest BCUT2D eigenvalue weighted by atomic mass is 16.5. The van der Waals surface area contributed by atoms with Gasteiger partial charge in [-0.2, -0.15) is 10.2 Å². The summed E-state index contributed by atoms with van der Waals surface area (Å²) in [5.41, 5.74) is 0.975. The molecule has 0 fully saturated rings. The van der Waals surface area contributed by atoms with Crippen LogP contribution in [0.4, 0.5) is 0 Å². The fraction of sp³-hybridized carbons (Fsp3) is 0.583. The number of aromatic nitrogens is 5. The third kappa shape index (κ3) is 2.76. The van der Waals surface area contributed by atoms with Crippen LogP contribution in [0.15, 0.2) is 12.5 Å². The number of nitrogens with zero attached hydrogens (tertiary/aromatic N) is 4. The monoisotopic (exact) mass is 264 g/mol. The summed E-state index contributed by atoms with van der Waals surface area (Å²) in [5.74, 6) is 1.52. The molecule has 19 heavy (non-hydrogen) atoms. The lowest BCUT2D eigenvalue weighted by atomic mass is 10.1. The molecular weight excluding hydrogens is 244 g/mol. The Hall–Kier alpha value is -1.89. The molecule has 1 atom stereocenters. The van der Waals surface area contributed by atoms with Crippen molar-refractivity contribution < 1.29 is 4.74 Å². The van der Waals surface area contributed by atoms with Crippen LogP contribution >= 0.6 is 0 Å². The summed E-state index contributed by atoms with van der Waals surface area (Å²) in [6, 6.07) is -0.100. The molecule has 0 radical (unpaired) electrons. The van der Waals surface area contributed by atoms with Crippen molar-refractivity contribution in [3.63, 3.8) is 0 Å². The van der Waals surface area contributed by atoms with Crippen LogP contribution in [0.5, 0.6) is 5.75 Å². The third-order valence-corrected chi connectivity index (χ3v) is 2.89. The summed E-state index contributed by atoms with van der Waals surface area (Å²) in [4.78, 5) is 4.24. The Morgan fingerprint density at radius 3 is 2.89 bits per heavy atom. The van der Waals surface area contributed by atoms with E-state index in [1.807, 2.05) is 4.68 Å². The number of nitrogens with one attached hydrogen (secondary N) is 2. The van der Waals surface area contributed by atoms with Gasteiger partial charge in [0.2, 0.25) is 0 Å². The summed E-state index contributed by atoms with van der Waals surface area (Å²) < 4.78 is 7.37. The highest BCUT2D eigenvalue weighted by Gasteiger charge is 2.24. The molecule has 0 bridgehead atoms. The SMILES string of the molecule is CCCn1ncc(OC)c1C(NCC)c1ncn[nH]1. The lowest BCUT2D eigenvalue weighted by Gasteiger charge is -2.18. The van der Waals surface area contributed by atoms with Crippen molar-refractivity contribution in [2.75, 3.05) is 13.7 Å². The number of H-pyrrole nitrogens is 1. The summed E-state index contributed by atoms with van der Waals surface area (Å²) in [6.45, 7) is 5.82. The van der Waals surface area contributed by atoms with Gasteiger partial charge in [-0.3, -0.25) is 9.78 Å². The van der Waals surface area contributed by atoms with Gasteiger partial charge in [-0.15, -0.1) is 0 Å². The van der Waals surface area contributed by atoms with Crippen LogP contribution in [-0.4, -0.2) is 38.6 Å². The van der Waals surface area contributed by atoms with Gasteiger partial charge in [0.25, 0.3) is 0 Å². The first-order valence-corrected chi connectivity index (χ1v) is 6.50. The largest absolute Gasteiger partial charge is 0.493 e. The Labute approximate surface area is 112 Å². The van der Waals surface area contributed by atoms with Crippen molar-refractivity contribution >= 4 is 0 Å². The predicted octanol–water partition coefficient (Wildman–Crippen LogP) is 1.12. The average molecular weight is 264 g/mol. The Morgan fingerprint density at radius 2 is 2.32 bits per heavy atom. The predicted molar refractivity (Wildman–Crippen MR) is 71.0 cm³/mol. The van der Waals surface area contributed by atoms with Crippen LogP contribution in [0.1, 0.15) is 37.8 Å². The molecule has 0 saturated heterocycles. The number of aromatic amines is 1. The molecule has 0 saturated carbocycles. The maximum absolute atomic E-state index is 5.41. The number of hydrogen-bond donors (Lipinski definition) is 2. The molecule has 104 valence electrons. The van der Waals surface area contributed by atoms with Gasteiger partial charge in [0, 0.05) is 6.54 Å². The molecule has 0 amide bonds. The van der Waals surface area contributed by atoms with E-state index in [9.17, 15) is 0 Å². The Balaban J connectivity index is 2.42. The second-order valence-electron chi connectivity index (χ2n) is 4.18. The molecule has 0 spiro atoms. The number of hydrogen-bond acceptors (Lipinski definition) is 5. The molecule has 0 aromatic carbocycles. The lowest BCUT2D eigenvalue weighted by molar-refractivity contribution is 0.396. The van der Waals surface area contributed by atoms with E-state index in [-0.39, 0.29) is 6.04 Å². The molecule has 0 aliphatic heterocycles. The Bertz CT molecular complexity index is 492. The highest BCUT2D eigenvalue weighted by molar-refractivity contribution is 5.32. The van der Waals surface area contributed by atoms with E-state index in [4.69, 9.17) is 4.74 Å². The molecule has 7 nitrogen and oxygen atoms in total. The van der Waals surface area contributed by atoms with Gasteiger partial charge in [0.1, 0.15) is 23.9 Å². The normalized spacial score (nSPS) is 12.6. The van der Waals surface area contributed by atoms with Crippen molar-refractivity contribution in [3.8, 4) is 5.75 Å². The minimum absolute atomic E-state index is 0.100. The number of rotatable bonds is 7. The molecule has 2 aromatic heterocycles.